The van der Waals surface area contributed by atoms with Crippen LogP contribution in [0.4, 0.5) is 0 Å². The lowest BCUT2D eigenvalue weighted by Crippen LogP contribution is -2.55. The largest absolute Gasteiger partial charge is 0.377 e. The van der Waals surface area contributed by atoms with Crippen molar-refractivity contribution in [2.24, 2.45) is 11.3 Å². The molecule has 2 heteroatoms. The number of rotatable bonds is 9. The summed E-state index contributed by atoms with van der Waals surface area (Å²) in [7, 11) is 1.93. The maximum absolute atomic E-state index is 6.13. The second-order valence-electron chi connectivity index (χ2n) is 8.26. The Kier molecular flexibility index (Phi) is 7.70. The molecule has 0 amide bonds. The minimum Gasteiger partial charge on any atom is -0.377 e. The van der Waals surface area contributed by atoms with Crippen molar-refractivity contribution in [1.29, 1.82) is 0 Å². The van der Waals surface area contributed by atoms with E-state index in [0.717, 1.165) is 12.5 Å². The van der Waals surface area contributed by atoms with Crippen molar-refractivity contribution in [3.8, 4) is 0 Å². The average molecular weight is 298 g/mol. The van der Waals surface area contributed by atoms with E-state index in [-0.39, 0.29) is 5.60 Å². The van der Waals surface area contributed by atoms with Gasteiger partial charge in [0, 0.05) is 13.2 Å². The molecule has 0 aromatic carbocycles. The molecule has 0 bridgehead atoms. The smallest absolute Gasteiger partial charge is 0.0831 e. The predicted molar refractivity (Wildman–Crippen MR) is 92.8 cm³/mol. The van der Waals surface area contributed by atoms with Crippen molar-refractivity contribution in [2.75, 3.05) is 13.7 Å². The minimum absolute atomic E-state index is 0.0711. The lowest BCUT2D eigenvalue weighted by atomic mass is 9.67. The fourth-order valence-electron chi connectivity index (χ4n) is 3.64. The molecule has 1 fully saturated rings. The number of hydrogen-bond donors (Lipinski definition) is 1. The molecule has 0 radical (unpaired) electrons. The van der Waals surface area contributed by atoms with Crippen molar-refractivity contribution in [3.63, 3.8) is 0 Å². The first-order valence-electron chi connectivity index (χ1n) is 9.14. The van der Waals surface area contributed by atoms with Crippen LogP contribution in [0.2, 0.25) is 0 Å². The molecule has 126 valence electrons. The highest BCUT2D eigenvalue weighted by Gasteiger charge is 2.43. The van der Waals surface area contributed by atoms with Gasteiger partial charge in [-0.25, -0.2) is 0 Å². The van der Waals surface area contributed by atoms with Crippen LogP contribution in [0.3, 0.4) is 0 Å². The van der Waals surface area contributed by atoms with Crippen LogP contribution in [-0.2, 0) is 4.74 Å². The summed E-state index contributed by atoms with van der Waals surface area (Å²) in [4.78, 5) is 0. The number of methoxy groups -OCH3 is 1. The van der Waals surface area contributed by atoms with Gasteiger partial charge in [0.2, 0.25) is 0 Å². The summed E-state index contributed by atoms with van der Waals surface area (Å²) in [5, 5.41) is 3.81. The lowest BCUT2D eigenvalue weighted by molar-refractivity contribution is -0.0883. The molecule has 0 aromatic rings. The summed E-state index contributed by atoms with van der Waals surface area (Å²) in [6.07, 6.45) is 10.1. The standard InChI is InChI=1S/C19H39NO/c1-7-15-20-17(10-8-9-16(2)3)19(21-6)13-11-18(4,5)12-14-19/h16-17,20H,7-15H2,1-6H3. The molecular formula is C19H39NO. The third-order valence-electron chi connectivity index (χ3n) is 5.41. The highest BCUT2D eigenvalue weighted by atomic mass is 16.5. The molecule has 1 rings (SSSR count). The molecule has 1 aliphatic rings. The third kappa shape index (κ3) is 5.90. The Hall–Kier alpha value is -0.0800. The van der Waals surface area contributed by atoms with Crippen molar-refractivity contribution in [2.45, 2.75) is 97.6 Å². The maximum atomic E-state index is 6.13. The molecule has 1 saturated carbocycles. The highest BCUT2D eigenvalue weighted by molar-refractivity contribution is 4.98. The van der Waals surface area contributed by atoms with E-state index < -0.39 is 0 Å². The predicted octanol–water partition coefficient (Wildman–Crippen LogP) is 5.17. The number of nitrogens with one attached hydrogen (secondary N) is 1. The summed E-state index contributed by atoms with van der Waals surface area (Å²) >= 11 is 0. The van der Waals surface area contributed by atoms with Crippen LogP contribution in [0, 0.1) is 11.3 Å². The van der Waals surface area contributed by atoms with Gasteiger partial charge in [-0.1, -0.05) is 47.5 Å². The Labute approximate surface area is 133 Å². The van der Waals surface area contributed by atoms with Gasteiger partial charge >= 0.3 is 0 Å². The van der Waals surface area contributed by atoms with E-state index in [1.807, 2.05) is 7.11 Å². The van der Waals surface area contributed by atoms with Gasteiger partial charge < -0.3 is 10.1 Å². The maximum Gasteiger partial charge on any atom is 0.0831 e. The van der Waals surface area contributed by atoms with Gasteiger partial charge in [-0.2, -0.15) is 0 Å². The first-order chi connectivity index (χ1) is 9.85. The molecule has 0 aliphatic heterocycles. The van der Waals surface area contributed by atoms with Gasteiger partial charge in [0.15, 0.2) is 0 Å². The fourth-order valence-corrected chi connectivity index (χ4v) is 3.64. The van der Waals surface area contributed by atoms with Gasteiger partial charge in [-0.3, -0.25) is 0 Å². The summed E-state index contributed by atoms with van der Waals surface area (Å²) in [5.41, 5.74) is 0.566. The zero-order valence-electron chi connectivity index (χ0n) is 15.4. The zero-order valence-corrected chi connectivity index (χ0v) is 15.4. The van der Waals surface area contributed by atoms with E-state index in [0.29, 0.717) is 11.5 Å². The Morgan fingerprint density at radius 3 is 2.14 bits per heavy atom. The van der Waals surface area contributed by atoms with Gasteiger partial charge in [0.1, 0.15) is 0 Å². The molecule has 2 nitrogen and oxygen atoms in total. The second-order valence-corrected chi connectivity index (χ2v) is 8.26. The average Bonchev–Trinajstić information content (AvgIpc) is 2.43. The van der Waals surface area contributed by atoms with Crippen LogP contribution in [0.1, 0.15) is 86.0 Å². The number of ether oxygens (including phenoxy) is 1. The SMILES string of the molecule is CCCNC(CCCC(C)C)C1(OC)CCC(C)(C)CC1. The van der Waals surface area contributed by atoms with Crippen molar-refractivity contribution in [1.82, 2.24) is 5.32 Å². The minimum atomic E-state index is 0.0711. The van der Waals surface area contributed by atoms with Gasteiger partial charge in [0.05, 0.1) is 5.60 Å². The summed E-state index contributed by atoms with van der Waals surface area (Å²) < 4.78 is 6.13. The van der Waals surface area contributed by atoms with E-state index in [1.54, 1.807) is 0 Å². The first kappa shape index (κ1) is 19.0. The molecule has 0 saturated heterocycles. The summed E-state index contributed by atoms with van der Waals surface area (Å²) in [5.74, 6) is 0.806. The van der Waals surface area contributed by atoms with Crippen LogP contribution >= 0.6 is 0 Å². The molecule has 1 aliphatic carbocycles. The van der Waals surface area contributed by atoms with Gasteiger partial charge in [0.25, 0.3) is 0 Å². The molecule has 21 heavy (non-hydrogen) atoms. The first-order valence-corrected chi connectivity index (χ1v) is 9.14. The van der Waals surface area contributed by atoms with E-state index in [9.17, 15) is 0 Å². The Morgan fingerprint density at radius 2 is 1.67 bits per heavy atom. The Balaban J connectivity index is 2.68. The summed E-state index contributed by atoms with van der Waals surface area (Å²) in [6.45, 7) is 12.8. The Morgan fingerprint density at radius 1 is 1.05 bits per heavy atom. The van der Waals surface area contributed by atoms with Crippen LogP contribution in [0.25, 0.3) is 0 Å². The number of hydrogen-bond acceptors (Lipinski definition) is 2. The van der Waals surface area contributed by atoms with Gasteiger partial charge in [-0.15, -0.1) is 0 Å². The zero-order chi connectivity index (χ0) is 15.9. The fraction of sp³-hybridized carbons (Fsp3) is 1.00. The Bertz CT molecular complexity index is 275. The second kappa shape index (κ2) is 8.53. The van der Waals surface area contributed by atoms with E-state index in [2.05, 4.69) is 39.9 Å². The quantitative estimate of drug-likeness (QED) is 0.634. The third-order valence-corrected chi connectivity index (χ3v) is 5.41. The molecule has 1 unspecified atom stereocenters. The van der Waals surface area contributed by atoms with Crippen LogP contribution in [0.15, 0.2) is 0 Å². The van der Waals surface area contributed by atoms with Gasteiger partial charge in [-0.05, 0) is 56.4 Å². The topological polar surface area (TPSA) is 21.3 Å². The van der Waals surface area contributed by atoms with Crippen LogP contribution < -0.4 is 5.32 Å². The van der Waals surface area contributed by atoms with E-state index >= 15 is 0 Å². The van der Waals surface area contributed by atoms with Crippen LogP contribution in [0.5, 0.6) is 0 Å². The molecular weight excluding hydrogens is 258 g/mol. The molecule has 0 aromatic heterocycles. The molecule has 1 N–H and O–H groups in total. The lowest BCUT2D eigenvalue weighted by Gasteiger charge is -2.47. The molecule has 0 heterocycles. The van der Waals surface area contributed by atoms with Crippen molar-refractivity contribution in [3.05, 3.63) is 0 Å². The van der Waals surface area contributed by atoms with Crippen LogP contribution in [-0.4, -0.2) is 25.3 Å². The molecule has 1 atom stereocenters. The normalized spacial score (nSPS) is 22.4. The highest BCUT2D eigenvalue weighted by Crippen LogP contribution is 2.44. The summed E-state index contributed by atoms with van der Waals surface area (Å²) in [6, 6.07) is 0.525. The van der Waals surface area contributed by atoms with Crippen molar-refractivity contribution < 1.29 is 4.74 Å². The monoisotopic (exact) mass is 297 g/mol. The molecule has 0 spiro atoms. The van der Waals surface area contributed by atoms with E-state index in [1.165, 1.54) is 51.4 Å². The van der Waals surface area contributed by atoms with E-state index in [4.69, 9.17) is 4.74 Å². The van der Waals surface area contributed by atoms with Crippen molar-refractivity contribution >= 4 is 0 Å².